The molecule has 0 unspecified atom stereocenters. The summed E-state index contributed by atoms with van der Waals surface area (Å²) in [6.45, 7) is 2.20. The lowest BCUT2D eigenvalue weighted by atomic mass is 10.1. The van der Waals surface area contributed by atoms with Gasteiger partial charge in [-0.2, -0.15) is 0 Å². The second kappa shape index (κ2) is 4.47. The molecule has 1 aromatic heterocycles. The van der Waals surface area contributed by atoms with Gasteiger partial charge in [0.05, 0.1) is 5.69 Å². The Balaban J connectivity index is 2.41. The monoisotopic (exact) mass is 203 g/mol. The van der Waals surface area contributed by atoms with E-state index >= 15 is 0 Å². The Kier molecular flexibility index (Phi) is 3.04. The molecule has 72 valence electrons. The van der Waals surface area contributed by atoms with Crippen LogP contribution in [0.1, 0.15) is 19.0 Å². The van der Waals surface area contributed by atoms with Gasteiger partial charge in [-0.1, -0.05) is 25.1 Å². The van der Waals surface area contributed by atoms with Crippen LogP contribution in [0.3, 0.4) is 0 Å². The molecule has 0 bridgehead atoms. The van der Waals surface area contributed by atoms with Crippen molar-refractivity contribution >= 4 is 17.3 Å². The maximum absolute atomic E-state index is 4.38. The first kappa shape index (κ1) is 9.53. The molecule has 2 heterocycles. The second-order valence-corrected chi connectivity index (χ2v) is 4.23. The Morgan fingerprint density at radius 3 is 3.07 bits per heavy atom. The zero-order valence-electron chi connectivity index (χ0n) is 8.23. The van der Waals surface area contributed by atoms with Crippen LogP contribution in [0.5, 0.6) is 0 Å². The number of hydrogen-bond donors (Lipinski definition) is 0. The summed E-state index contributed by atoms with van der Waals surface area (Å²) >= 11 is 1.92. The number of thioether (sulfide) groups is 1. The van der Waals surface area contributed by atoms with Crippen LogP contribution in [0, 0.1) is 0 Å². The van der Waals surface area contributed by atoms with Crippen molar-refractivity contribution < 1.29 is 0 Å². The van der Waals surface area contributed by atoms with Crippen LogP contribution in [0.2, 0.25) is 0 Å². The highest BCUT2D eigenvalue weighted by Crippen LogP contribution is 2.32. The number of aromatic nitrogens is 1. The van der Waals surface area contributed by atoms with Gasteiger partial charge in [0.25, 0.3) is 0 Å². The van der Waals surface area contributed by atoms with Crippen molar-refractivity contribution in [1.29, 1.82) is 0 Å². The first-order valence-corrected chi connectivity index (χ1v) is 5.84. The average Bonchev–Trinajstić information content (AvgIpc) is 2.30. The predicted molar refractivity (Wildman–Crippen MR) is 63.0 cm³/mol. The maximum atomic E-state index is 4.38. The summed E-state index contributed by atoms with van der Waals surface area (Å²) in [6.07, 6.45) is 7.34. The summed E-state index contributed by atoms with van der Waals surface area (Å²) in [5.41, 5.74) is 2.39. The zero-order valence-corrected chi connectivity index (χ0v) is 9.05. The van der Waals surface area contributed by atoms with Crippen LogP contribution in [-0.4, -0.2) is 10.7 Å². The minimum absolute atomic E-state index is 1.09. The fourth-order valence-electron chi connectivity index (χ4n) is 1.53. The van der Waals surface area contributed by atoms with Gasteiger partial charge in [-0.25, -0.2) is 0 Å². The molecular formula is C12H13NS. The second-order valence-electron chi connectivity index (χ2n) is 3.12. The molecule has 0 N–H and O–H groups in total. The fourth-order valence-corrected chi connectivity index (χ4v) is 2.45. The molecule has 0 radical (unpaired) electrons. The number of rotatable bonds is 2. The standard InChI is InChI=1S/C12H13NS/c1-2-12-10(6-5-9-14-12)11-7-3-4-8-13-11/h3-8H,2,9H2,1H3. The molecule has 2 rings (SSSR count). The summed E-state index contributed by atoms with van der Waals surface area (Å²) in [5, 5.41) is 0. The molecule has 0 amide bonds. The molecule has 0 aliphatic carbocycles. The average molecular weight is 203 g/mol. The van der Waals surface area contributed by atoms with Crippen molar-refractivity contribution in [1.82, 2.24) is 4.98 Å². The van der Waals surface area contributed by atoms with Crippen molar-refractivity contribution in [3.63, 3.8) is 0 Å². The van der Waals surface area contributed by atoms with Crippen LogP contribution >= 0.6 is 11.8 Å². The number of allylic oxidation sites excluding steroid dienone is 3. The first-order valence-electron chi connectivity index (χ1n) is 4.85. The van der Waals surface area contributed by atoms with Crippen LogP contribution in [0.15, 0.2) is 41.5 Å². The molecule has 0 saturated heterocycles. The topological polar surface area (TPSA) is 12.9 Å². The van der Waals surface area contributed by atoms with Gasteiger partial charge in [0.1, 0.15) is 0 Å². The molecular weight excluding hydrogens is 190 g/mol. The van der Waals surface area contributed by atoms with Crippen molar-refractivity contribution in [2.75, 3.05) is 5.75 Å². The van der Waals surface area contributed by atoms with E-state index < -0.39 is 0 Å². The van der Waals surface area contributed by atoms with E-state index in [0.717, 1.165) is 17.9 Å². The Bertz CT molecular complexity index is 365. The lowest BCUT2D eigenvalue weighted by Crippen LogP contribution is -1.94. The summed E-state index contributed by atoms with van der Waals surface area (Å²) < 4.78 is 0. The molecule has 14 heavy (non-hydrogen) atoms. The van der Waals surface area contributed by atoms with Gasteiger partial charge in [0.2, 0.25) is 0 Å². The van der Waals surface area contributed by atoms with Crippen molar-refractivity contribution in [2.24, 2.45) is 0 Å². The van der Waals surface area contributed by atoms with Crippen molar-refractivity contribution in [3.05, 3.63) is 47.1 Å². The Morgan fingerprint density at radius 1 is 1.43 bits per heavy atom. The summed E-state index contributed by atoms with van der Waals surface area (Å²) in [4.78, 5) is 5.83. The maximum Gasteiger partial charge on any atom is 0.0709 e. The van der Waals surface area contributed by atoms with Gasteiger partial charge in [-0.05, 0) is 23.5 Å². The minimum Gasteiger partial charge on any atom is -0.256 e. The van der Waals surface area contributed by atoms with Gasteiger partial charge in [0.15, 0.2) is 0 Å². The fraction of sp³-hybridized carbons (Fsp3) is 0.250. The smallest absolute Gasteiger partial charge is 0.0709 e. The molecule has 0 saturated carbocycles. The molecule has 2 heteroatoms. The van der Waals surface area contributed by atoms with Gasteiger partial charge < -0.3 is 0 Å². The SMILES string of the molecule is CCC1=C(c2ccccn2)C=CCS1. The number of pyridine rings is 1. The summed E-state index contributed by atoms with van der Waals surface area (Å²) in [6, 6.07) is 6.06. The van der Waals surface area contributed by atoms with Gasteiger partial charge in [-0.3, -0.25) is 4.98 Å². The minimum atomic E-state index is 1.09. The third-order valence-corrected chi connectivity index (χ3v) is 3.42. The molecule has 0 aromatic carbocycles. The predicted octanol–water partition coefficient (Wildman–Crippen LogP) is 3.51. The van der Waals surface area contributed by atoms with E-state index in [0.29, 0.717) is 0 Å². The summed E-state index contributed by atoms with van der Waals surface area (Å²) in [7, 11) is 0. The van der Waals surface area contributed by atoms with E-state index in [2.05, 4.69) is 30.1 Å². The first-order chi connectivity index (χ1) is 6.92. The lowest BCUT2D eigenvalue weighted by Gasteiger charge is -2.13. The quantitative estimate of drug-likeness (QED) is 0.729. The normalized spacial score (nSPS) is 16.1. The molecule has 1 nitrogen and oxygen atoms in total. The van der Waals surface area contributed by atoms with Crippen LogP contribution in [0.4, 0.5) is 0 Å². The highest BCUT2D eigenvalue weighted by Gasteiger charge is 2.09. The zero-order chi connectivity index (χ0) is 9.80. The van der Waals surface area contributed by atoms with E-state index in [1.165, 1.54) is 10.5 Å². The van der Waals surface area contributed by atoms with E-state index in [9.17, 15) is 0 Å². The number of hydrogen-bond acceptors (Lipinski definition) is 2. The van der Waals surface area contributed by atoms with Gasteiger partial charge >= 0.3 is 0 Å². The highest BCUT2D eigenvalue weighted by molar-refractivity contribution is 8.03. The Morgan fingerprint density at radius 2 is 2.36 bits per heavy atom. The van der Waals surface area contributed by atoms with Crippen LogP contribution in [0.25, 0.3) is 5.57 Å². The highest BCUT2D eigenvalue weighted by atomic mass is 32.2. The van der Waals surface area contributed by atoms with Crippen molar-refractivity contribution in [2.45, 2.75) is 13.3 Å². The van der Waals surface area contributed by atoms with Crippen molar-refractivity contribution in [3.8, 4) is 0 Å². The van der Waals surface area contributed by atoms with E-state index in [1.54, 1.807) is 0 Å². The molecule has 0 spiro atoms. The summed E-state index contributed by atoms with van der Waals surface area (Å²) in [5.74, 6) is 1.10. The van der Waals surface area contributed by atoms with Gasteiger partial charge in [-0.15, -0.1) is 11.8 Å². The third kappa shape index (κ3) is 1.90. The molecule has 1 aliphatic heterocycles. The molecule has 1 aliphatic rings. The molecule has 0 fully saturated rings. The van der Waals surface area contributed by atoms with E-state index in [-0.39, 0.29) is 0 Å². The molecule has 1 aromatic rings. The lowest BCUT2D eigenvalue weighted by molar-refractivity contribution is 1.18. The van der Waals surface area contributed by atoms with E-state index in [4.69, 9.17) is 0 Å². The molecule has 0 atom stereocenters. The largest absolute Gasteiger partial charge is 0.256 e. The van der Waals surface area contributed by atoms with Crippen LogP contribution < -0.4 is 0 Å². The van der Waals surface area contributed by atoms with Gasteiger partial charge in [0, 0.05) is 17.5 Å². The Hall–Kier alpha value is -1.02. The van der Waals surface area contributed by atoms with E-state index in [1.807, 2.05) is 30.1 Å². The third-order valence-electron chi connectivity index (χ3n) is 2.20. The number of nitrogens with zero attached hydrogens (tertiary/aromatic N) is 1. The Labute approximate surface area is 88.9 Å². The van der Waals surface area contributed by atoms with Crippen LogP contribution in [-0.2, 0) is 0 Å².